The molecule has 1 fully saturated rings. The Morgan fingerprint density at radius 1 is 1.30 bits per heavy atom. The van der Waals surface area contributed by atoms with Gasteiger partial charge in [-0.2, -0.15) is 0 Å². The van der Waals surface area contributed by atoms with Crippen LogP contribution < -0.4 is 5.32 Å². The average molecular weight is 275 g/mol. The van der Waals surface area contributed by atoms with E-state index in [9.17, 15) is 0 Å². The molecule has 1 aliphatic heterocycles. The smallest absolute Gasteiger partial charge is 0.0548 e. The van der Waals surface area contributed by atoms with E-state index in [0.717, 1.165) is 24.8 Å². The van der Waals surface area contributed by atoms with Crippen LogP contribution in [0.5, 0.6) is 0 Å². The fourth-order valence-electron chi connectivity index (χ4n) is 3.06. The molecule has 0 saturated carbocycles. The second kappa shape index (κ2) is 7.19. The van der Waals surface area contributed by atoms with Gasteiger partial charge in [-0.05, 0) is 38.3 Å². The van der Waals surface area contributed by atoms with Crippen LogP contribution in [0.25, 0.3) is 0 Å². The molecule has 112 valence electrons. The van der Waals surface area contributed by atoms with E-state index in [1.807, 2.05) is 0 Å². The molecule has 0 spiro atoms. The van der Waals surface area contributed by atoms with Crippen molar-refractivity contribution in [1.82, 2.24) is 15.2 Å². The Hall–Kier alpha value is -0.930. The second-order valence-electron chi connectivity index (χ2n) is 6.32. The van der Waals surface area contributed by atoms with Gasteiger partial charge in [0, 0.05) is 31.2 Å². The van der Waals surface area contributed by atoms with Gasteiger partial charge in [0.2, 0.25) is 0 Å². The molecule has 1 saturated heterocycles. The van der Waals surface area contributed by atoms with Crippen LogP contribution in [0.2, 0.25) is 0 Å². The topological polar surface area (TPSA) is 28.2 Å². The molecule has 1 aliphatic rings. The Kier molecular flexibility index (Phi) is 5.55. The summed E-state index contributed by atoms with van der Waals surface area (Å²) in [6, 6.07) is 8.36. The van der Waals surface area contributed by atoms with Gasteiger partial charge in [-0.1, -0.05) is 26.8 Å². The highest BCUT2D eigenvalue weighted by Gasteiger charge is 2.29. The first-order valence-corrected chi connectivity index (χ1v) is 8.04. The molecule has 0 amide bonds. The molecular formula is C17H29N3. The van der Waals surface area contributed by atoms with E-state index in [1.165, 1.54) is 25.0 Å². The van der Waals surface area contributed by atoms with E-state index in [4.69, 9.17) is 4.98 Å². The molecule has 1 aromatic heterocycles. The lowest BCUT2D eigenvalue weighted by Crippen LogP contribution is -2.34. The number of nitrogens with one attached hydrogen (secondary N) is 1. The van der Waals surface area contributed by atoms with Crippen LogP contribution in [-0.2, 0) is 13.1 Å². The summed E-state index contributed by atoms with van der Waals surface area (Å²) in [5.74, 6) is 0. The molecule has 2 unspecified atom stereocenters. The maximum atomic E-state index is 4.81. The van der Waals surface area contributed by atoms with Crippen molar-refractivity contribution in [3.63, 3.8) is 0 Å². The SMILES string of the molecule is CCC1CCC(C)N1Cc1cccc(CNC(C)C)n1. The number of hydrogen-bond donors (Lipinski definition) is 1. The van der Waals surface area contributed by atoms with Crippen molar-refractivity contribution >= 4 is 0 Å². The predicted octanol–water partition coefficient (Wildman–Crippen LogP) is 3.34. The minimum Gasteiger partial charge on any atom is -0.309 e. The molecule has 2 rings (SSSR count). The summed E-state index contributed by atoms with van der Waals surface area (Å²) in [5.41, 5.74) is 2.36. The number of aromatic nitrogens is 1. The summed E-state index contributed by atoms with van der Waals surface area (Å²) in [6.45, 7) is 10.8. The molecule has 0 radical (unpaired) electrons. The summed E-state index contributed by atoms with van der Waals surface area (Å²) >= 11 is 0. The van der Waals surface area contributed by atoms with Crippen LogP contribution in [0, 0.1) is 0 Å². The minimum atomic E-state index is 0.503. The quantitative estimate of drug-likeness (QED) is 0.863. The summed E-state index contributed by atoms with van der Waals surface area (Å²) in [7, 11) is 0. The summed E-state index contributed by atoms with van der Waals surface area (Å²) in [5, 5.41) is 3.44. The summed E-state index contributed by atoms with van der Waals surface area (Å²) in [4.78, 5) is 7.43. The molecule has 0 aliphatic carbocycles. The summed E-state index contributed by atoms with van der Waals surface area (Å²) in [6.07, 6.45) is 3.91. The molecule has 3 heteroatoms. The van der Waals surface area contributed by atoms with Crippen molar-refractivity contribution in [2.75, 3.05) is 0 Å². The highest BCUT2D eigenvalue weighted by molar-refractivity contribution is 5.12. The van der Waals surface area contributed by atoms with Crippen LogP contribution in [0.1, 0.15) is 58.3 Å². The Labute approximate surface area is 123 Å². The maximum absolute atomic E-state index is 4.81. The molecule has 2 atom stereocenters. The number of nitrogens with zero attached hydrogens (tertiary/aromatic N) is 2. The highest BCUT2D eigenvalue weighted by Crippen LogP contribution is 2.27. The number of hydrogen-bond acceptors (Lipinski definition) is 3. The van der Waals surface area contributed by atoms with Crippen molar-refractivity contribution in [1.29, 1.82) is 0 Å². The van der Waals surface area contributed by atoms with Gasteiger partial charge in [0.05, 0.1) is 11.4 Å². The molecule has 2 heterocycles. The Morgan fingerprint density at radius 3 is 2.75 bits per heavy atom. The molecule has 0 aromatic carbocycles. The number of pyridine rings is 1. The molecule has 1 aromatic rings. The van der Waals surface area contributed by atoms with E-state index < -0.39 is 0 Å². The van der Waals surface area contributed by atoms with Gasteiger partial charge in [-0.25, -0.2) is 0 Å². The van der Waals surface area contributed by atoms with E-state index in [2.05, 4.69) is 56.1 Å². The van der Waals surface area contributed by atoms with Crippen molar-refractivity contribution in [3.8, 4) is 0 Å². The van der Waals surface area contributed by atoms with E-state index in [0.29, 0.717) is 12.1 Å². The standard InChI is InChI=1S/C17H29N3/c1-5-17-10-9-14(4)20(17)12-16-8-6-7-15(19-16)11-18-13(2)3/h6-8,13-14,17-18H,5,9-12H2,1-4H3. The largest absolute Gasteiger partial charge is 0.309 e. The van der Waals surface area contributed by atoms with Crippen molar-refractivity contribution in [2.45, 2.75) is 78.2 Å². The lowest BCUT2D eigenvalue weighted by molar-refractivity contribution is 0.187. The molecule has 1 N–H and O–H groups in total. The lowest BCUT2D eigenvalue weighted by atomic mass is 10.1. The van der Waals surface area contributed by atoms with E-state index in [1.54, 1.807) is 0 Å². The zero-order chi connectivity index (χ0) is 14.5. The summed E-state index contributed by atoms with van der Waals surface area (Å²) < 4.78 is 0. The molecule has 20 heavy (non-hydrogen) atoms. The first-order chi connectivity index (χ1) is 9.60. The Balaban J connectivity index is 2.00. The Bertz CT molecular complexity index is 416. The van der Waals surface area contributed by atoms with Gasteiger partial charge in [-0.3, -0.25) is 9.88 Å². The monoisotopic (exact) mass is 275 g/mol. The minimum absolute atomic E-state index is 0.503. The highest BCUT2D eigenvalue weighted by atomic mass is 15.2. The predicted molar refractivity (Wildman–Crippen MR) is 84.5 cm³/mol. The maximum Gasteiger partial charge on any atom is 0.0548 e. The fraction of sp³-hybridized carbons (Fsp3) is 0.706. The fourth-order valence-corrected chi connectivity index (χ4v) is 3.06. The van der Waals surface area contributed by atoms with Gasteiger partial charge in [0.1, 0.15) is 0 Å². The van der Waals surface area contributed by atoms with E-state index in [-0.39, 0.29) is 0 Å². The number of likely N-dealkylation sites (tertiary alicyclic amines) is 1. The third kappa shape index (κ3) is 4.03. The van der Waals surface area contributed by atoms with Gasteiger partial charge in [0.15, 0.2) is 0 Å². The van der Waals surface area contributed by atoms with Crippen LogP contribution in [0.3, 0.4) is 0 Å². The second-order valence-corrected chi connectivity index (χ2v) is 6.32. The molecular weight excluding hydrogens is 246 g/mol. The number of rotatable bonds is 6. The van der Waals surface area contributed by atoms with Gasteiger partial charge < -0.3 is 5.32 Å². The normalized spacial score (nSPS) is 23.6. The Morgan fingerprint density at radius 2 is 2.05 bits per heavy atom. The van der Waals surface area contributed by atoms with Crippen LogP contribution in [0.4, 0.5) is 0 Å². The van der Waals surface area contributed by atoms with Crippen molar-refractivity contribution in [3.05, 3.63) is 29.6 Å². The third-order valence-electron chi connectivity index (χ3n) is 4.32. The zero-order valence-electron chi connectivity index (χ0n) is 13.4. The van der Waals surface area contributed by atoms with Gasteiger partial charge in [-0.15, -0.1) is 0 Å². The van der Waals surface area contributed by atoms with Crippen molar-refractivity contribution < 1.29 is 0 Å². The van der Waals surface area contributed by atoms with Crippen molar-refractivity contribution in [2.24, 2.45) is 0 Å². The van der Waals surface area contributed by atoms with E-state index >= 15 is 0 Å². The average Bonchev–Trinajstić information content (AvgIpc) is 2.78. The first kappa shape index (κ1) is 15.5. The van der Waals surface area contributed by atoms with Gasteiger partial charge >= 0.3 is 0 Å². The molecule has 3 nitrogen and oxygen atoms in total. The van der Waals surface area contributed by atoms with Crippen LogP contribution in [-0.4, -0.2) is 28.0 Å². The first-order valence-electron chi connectivity index (χ1n) is 8.04. The zero-order valence-corrected chi connectivity index (χ0v) is 13.4. The van der Waals surface area contributed by atoms with Crippen LogP contribution in [0.15, 0.2) is 18.2 Å². The lowest BCUT2D eigenvalue weighted by Gasteiger charge is -2.27. The van der Waals surface area contributed by atoms with Gasteiger partial charge in [0.25, 0.3) is 0 Å². The third-order valence-corrected chi connectivity index (χ3v) is 4.32. The molecule has 0 bridgehead atoms. The van der Waals surface area contributed by atoms with Crippen LogP contribution >= 0.6 is 0 Å².